The molecule has 0 saturated heterocycles. The summed E-state index contributed by atoms with van der Waals surface area (Å²) in [4.78, 5) is 6.31. The van der Waals surface area contributed by atoms with Crippen molar-refractivity contribution >= 4 is 11.9 Å². The zero-order valence-electron chi connectivity index (χ0n) is 9.36. The van der Waals surface area contributed by atoms with Crippen LogP contribution in [0.4, 0.5) is 11.9 Å². The Morgan fingerprint density at radius 3 is 2.29 bits per heavy atom. The first-order chi connectivity index (χ1) is 6.60. The quantitative estimate of drug-likeness (QED) is 0.790. The molecule has 0 bridgehead atoms. The molecule has 0 spiro atoms. The molecule has 0 radical (unpaired) electrons. The lowest BCUT2D eigenvalue weighted by molar-refractivity contribution is 0.538. The van der Waals surface area contributed by atoms with E-state index in [4.69, 9.17) is 5.73 Å². The van der Waals surface area contributed by atoms with Crippen molar-refractivity contribution in [2.45, 2.75) is 33.7 Å². The lowest BCUT2D eigenvalue weighted by Gasteiger charge is -2.15. The molecule has 0 aromatic carbocycles. The van der Waals surface area contributed by atoms with E-state index in [0.717, 1.165) is 19.0 Å². The minimum absolute atomic E-state index is 0.256. The number of nitrogen functional groups attached to an aromatic ring is 1. The van der Waals surface area contributed by atoms with E-state index in [0.29, 0.717) is 5.95 Å². The van der Waals surface area contributed by atoms with Crippen molar-refractivity contribution in [2.24, 2.45) is 0 Å². The van der Waals surface area contributed by atoms with Crippen LogP contribution >= 0.6 is 0 Å². The molecule has 1 rings (SSSR count). The number of anilines is 2. The van der Waals surface area contributed by atoms with E-state index in [2.05, 4.69) is 28.8 Å². The average Bonchev–Trinajstić information content (AvgIpc) is 2.50. The molecular formula is C9H19N5. The Balaban J connectivity index is 2.95. The smallest absolute Gasteiger partial charge is 0.246 e. The molecule has 80 valence electrons. The van der Waals surface area contributed by atoms with Gasteiger partial charge in [0.05, 0.1) is 6.04 Å². The minimum Gasteiger partial charge on any atom is -0.368 e. The van der Waals surface area contributed by atoms with Crippen molar-refractivity contribution in [2.75, 3.05) is 23.7 Å². The third kappa shape index (κ3) is 1.97. The Labute approximate surface area is 84.9 Å². The zero-order valence-corrected chi connectivity index (χ0v) is 9.36. The Morgan fingerprint density at radius 1 is 1.36 bits per heavy atom. The first-order valence-corrected chi connectivity index (χ1v) is 5.07. The summed E-state index contributed by atoms with van der Waals surface area (Å²) in [6, 6.07) is 0.256. The third-order valence-electron chi connectivity index (χ3n) is 2.18. The minimum atomic E-state index is 0.256. The highest BCUT2D eigenvalue weighted by molar-refractivity contribution is 5.34. The van der Waals surface area contributed by atoms with E-state index in [-0.39, 0.29) is 6.04 Å². The fraction of sp³-hybridized carbons (Fsp3) is 0.778. The van der Waals surface area contributed by atoms with Gasteiger partial charge >= 0.3 is 0 Å². The van der Waals surface area contributed by atoms with Gasteiger partial charge in [-0.3, -0.25) is 0 Å². The number of hydrogen-bond donors (Lipinski definition) is 1. The van der Waals surface area contributed by atoms with Crippen LogP contribution in [-0.2, 0) is 0 Å². The molecule has 5 nitrogen and oxygen atoms in total. The molecule has 5 heteroatoms. The monoisotopic (exact) mass is 197 g/mol. The summed E-state index contributed by atoms with van der Waals surface area (Å²) in [5.74, 6) is 1.21. The van der Waals surface area contributed by atoms with Crippen LogP contribution in [0.5, 0.6) is 0 Å². The van der Waals surface area contributed by atoms with Crippen LogP contribution in [0, 0.1) is 0 Å². The summed E-state index contributed by atoms with van der Waals surface area (Å²) >= 11 is 0. The molecule has 0 aliphatic carbocycles. The molecule has 1 heterocycles. The molecule has 2 N–H and O–H groups in total. The summed E-state index contributed by atoms with van der Waals surface area (Å²) in [6.07, 6.45) is 0. The highest BCUT2D eigenvalue weighted by Crippen LogP contribution is 2.14. The summed E-state index contributed by atoms with van der Waals surface area (Å²) in [6.45, 7) is 10.0. The van der Waals surface area contributed by atoms with Crippen LogP contribution < -0.4 is 10.6 Å². The summed E-state index contributed by atoms with van der Waals surface area (Å²) in [5.41, 5.74) is 5.75. The lowest BCUT2D eigenvalue weighted by atomic mass is 10.4. The van der Waals surface area contributed by atoms with Gasteiger partial charge in [-0.15, -0.1) is 5.10 Å². The van der Waals surface area contributed by atoms with Gasteiger partial charge in [0.1, 0.15) is 0 Å². The Morgan fingerprint density at radius 2 is 1.93 bits per heavy atom. The van der Waals surface area contributed by atoms with Gasteiger partial charge in [0.25, 0.3) is 0 Å². The van der Waals surface area contributed by atoms with Gasteiger partial charge in [-0.2, -0.15) is 4.98 Å². The Kier molecular flexibility index (Phi) is 3.33. The van der Waals surface area contributed by atoms with Gasteiger partial charge < -0.3 is 10.6 Å². The van der Waals surface area contributed by atoms with E-state index in [1.165, 1.54) is 0 Å². The molecule has 0 amide bonds. The normalized spacial score (nSPS) is 10.9. The standard InChI is InChI=1S/C9H19N5/c1-5-13(6-2)9-11-8(10)14(12-9)7(3)4/h7H,5-6H2,1-4H3,(H2,10,11,12). The van der Waals surface area contributed by atoms with Crippen molar-refractivity contribution in [1.82, 2.24) is 14.8 Å². The van der Waals surface area contributed by atoms with Crippen LogP contribution in [0.2, 0.25) is 0 Å². The maximum atomic E-state index is 5.75. The topological polar surface area (TPSA) is 60.0 Å². The SMILES string of the molecule is CCN(CC)c1nc(N)n(C(C)C)n1. The van der Waals surface area contributed by atoms with E-state index < -0.39 is 0 Å². The van der Waals surface area contributed by atoms with E-state index in [1.807, 2.05) is 13.8 Å². The van der Waals surface area contributed by atoms with Crippen LogP contribution in [0.1, 0.15) is 33.7 Å². The second-order valence-electron chi connectivity index (χ2n) is 3.48. The molecular weight excluding hydrogens is 178 g/mol. The third-order valence-corrected chi connectivity index (χ3v) is 2.18. The van der Waals surface area contributed by atoms with Crippen LogP contribution in [0.3, 0.4) is 0 Å². The van der Waals surface area contributed by atoms with E-state index >= 15 is 0 Å². The molecule has 14 heavy (non-hydrogen) atoms. The predicted molar refractivity (Wildman–Crippen MR) is 58.4 cm³/mol. The summed E-state index contributed by atoms with van der Waals surface area (Å²) < 4.78 is 1.74. The Hall–Kier alpha value is -1.26. The number of nitrogens with zero attached hydrogens (tertiary/aromatic N) is 4. The number of nitrogens with two attached hydrogens (primary N) is 1. The highest BCUT2D eigenvalue weighted by atomic mass is 15.5. The molecule has 0 aliphatic heterocycles. The van der Waals surface area contributed by atoms with Crippen LogP contribution in [0.25, 0.3) is 0 Å². The maximum absolute atomic E-state index is 5.75. The fourth-order valence-electron chi connectivity index (χ4n) is 1.34. The largest absolute Gasteiger partial charge is 0.368 e. The molecule has 0 aliphatic rings. The summed E-state index contributed by atoms with van der Waals surface area (Å²) in [5, 5.41) is 4.36. The second kappa shape index (κ2) is 4.30. The zero-order chi connectivity index (χ0) is 10.7. The molecule has 0 saturated carbocycles. The number of rotatable bonds is 4. The van der Waals surface area contributed by atoms with Crippen molar-refractivity contribution in [1.29, 1.82) is 0 Å². The first-order valence-electron chi connectivity index (χ1n) is 5.07. The highest BCUT2D eigenvalue weighted by Gasteiger charge is 2.12. The van der Waals surface area contributed by atoms with Crippen molar-refractivity contribution < 1.29 is 0 Å². The van der Waals surface area contributed by atoms with Crippen molar-refractivity contribution in [3.63, 3.8) is 0 Å². The predicted octanol–water partition coefficient (Wildman–Crippen LogP) is 1.29. The molecule has 1 aromatic heterocycles. The van der Waals surface area contributed by atoms with Gasteiger partial charge in [-0.05, 0) is 27.7 Å². The molecule has 1 aromatic rings. The maximum Gasteiger partial charge on any atom is 0.246 e. The fourth-order valence-corrected chi connectivity index (χ4v) is 1.34. The average molecular weight is 197 g/mol. The van der Waals surface area contributed by atoms with Gasteiger partial charge in [-0.1, -0.05) is 0 Å². The second-order valence-corrected chi connectivity index (χ2v) is 3.48. The first kappa shape index (κ1) is 10.8. The molecule has 0 atom stereocenters. The van der Waals surface area contributed by atoms with Crippen LogP contribution in [0.15, 0.2) is 0 Å². The van der Waals surface area contributed by atoms with E-state index in [9.17, 15) is 0 Å². The van der Waals surface area contributed by atoms with Gasteiger partial charge in [-0.25, -0.2) is 4.68 Å². The lowest BCUT2D eigenvalue weighted by Crippen LogP contribution is -2.23. The van der Waals surface area contributed by atoms with E-state index in [1.54, 1.807) is 4.68 Å². The Bertz CT molecular complexity index is 287. The van der Waals surface area contributed by atoms with Gasteiger partial charge in [0.2, 0.25) is 11.9 Å². The number of hydrogen-bond acceptors (Lipinski definition) is 4. The summed E-state index contributed by atoms with van der Waals surface area (Å²) in [7, 11) is 0. The van der Waals surface area contributed by atoms with Gasteiger partial charge in [0.15, 0.2) is 0 Å². The van der Waals surface area contributed by atoms with Crippen molar-refractivity contribution in [3.05, 3.63) is 0 Å². The van der Waals surface area contributed by atoms with Crippen LogP contribution in [-0.4, -0.2) is 27.9 Å². The number of aromatic nitrogens is 3. The molecule has 0 unspecified atom stereocenters. The van der Waals surface area contributed by atoms with Gasteiger partial charge in [0, 0.05) is 13.1 Å². The molecule has 0 fully saturated rings. The van der Waals surface area contributed by atoms with Crippen molar-refractivity contribution in [3.8, 4) is 0 Å².